The molecule has 0 spiro atoms. The molecular formula is C18H18N2O3S. The van der Waals surface area contributed by atoms with Crippen molar-refractivity contribution in [3.8, 4) is 11.5 Å². The number of methoxy groups -OCH3 is 2. The lowest BCUT2D eigenvalue weighted by atomic mass is 10.2. The topological polar surface area (TPSA) is 42.0 Å². The summed E-state index contributed by atoms with van der Waals surface area (Å²) >= 11 is 5.52. The fourth-order valence-electron chi connectivity index (χ4n) is 2.70. The number of thiocarbonyl (C=S) groups is 1. The van der Waals surface area contributed by atoms with E-state index in [-0.39, 0.29) is 12.5 Å². The van der Waals surface area contributed by atoms with Crippen molar-refractivity contribution < 1.29 is 14.3 Å². The van der Waals surface area contributed by atoms with E-state index in [1.807, 2.05) is 35.2 Å². The molecule has 1 aliphatic heterocycles. The Hall–Kier alpha value is -2.60. The Morgan fingerprint density at radius 3 is 2.42 bits per heavy atom. The van der Waals surface area contributed by atoms with Crippen LogP contribution in [0, 0.1) is 0 Å². The Morgan fingerprint density at radius 1 is 1.04 bits per heavy atom. The molecule has 1 heterocycles. The van der Waals surface area contributed by atoms with Crippen LogP contribution in [-0.2, 0) is 11.3 Å². The molecule has 0 N–H and O–H groups in total. The summed E-state index contributed by atoms with van der Waals surface area (Å²) in [5.74, 6) is 1.12. The second-order valence-electron chi connectivity index (χ2n) is 5.39. The molecule has 1 fully saturated rings. The van der Waals surface area contributed by atoms with Gasteiger partial charge in [-0.3, -0.25) is 9.69 Å². The van der Waals surface area contributed by atoms with E-state index in [1.54, 1.807) is 37.3 Å². The third-order valence-corrected chi connectivity index (χ3v) is 4.32. The van der Waals surface area contributed by atoms with Gasteiger partial charge < -0.3 is 14.4 Å². The van der Waals surface area contributed by atoms with Crippen molar-refractivity contribution in [2.24, 2.45) is 0 Å². The van der Waals surface area contributed by atoms with Gasteiger partial charge in [-0.25, -0.2) is 0 Å². The van der Waals surface area contributed by atoms with Gasteiger partial charge in [0.1, 0.15) is 6.54 Å². The predicted octanol–water partition coefficient (Wildman–Crippen LogP) is 2.84. The molecule has 124 valence electrons. The van der Waals surface area contributed by atoms with Gasteiger partial charge in [0.25, 0.3) is 5.91 Å². The molecule has 24 heavy (non-hydrogen) atoms. The summed E-state index contributed by atoms with van der Waals surface area (Å²) in [4.78, 5) is 15.9. The van der Waals surface area contributed by atoms with Crippen LogP contribution in [0.3, 0.4) is 0 Å². The second-order valence-corrected chi connectivity index (χ2v) is 5.76. The molecule has 5 nitrogen and oxygen atoms in total. The molecule has 0 bridgehead atoms. The summed E-state index contributed by atoms with van der Waals surface area (Å²) in [5, 5.41) is 0.496. The summed E-state index contributed by atoms with van der Waals surface area (Å²) in [6.45, 7) is 0.872. The summed E-state index contributed by atoms with van der Waals surface area (Å²) in [6, 6.07) is 15.3. The summed E-state index contributed by atoms with van der Waals surface area (Å²) in [7, 11) is 3.14. The molecule has 2 aromatic rings. The zero-order valence-electron chi connectivity index (χ0n) is 13.6. The molecule has 2 aromatic carbocycles. The summed E-state index contributed by atoms with van der Waals surface area (Å²) in [5.41, 5.74) is 1.79. The fourth-order valence-corrected chi connectivity index (χ4v) is 3.03. The van der Waals surface area contributed by atoms with Gasteiger partial charge in [0, 0.05) is 12.6 Å². The number of ether oxygens (including phenoxy) is 2. The van der Waals surface area contributed by atoms with E-state index in [0.29, 0.717) is 28.8 Å². The highest BCUT2D eigenvalue weighted by molar-refractivity contribution is 7.80. The normalized spacial score (nSPS) is 14.2. The van der Waals surface area contributed by atoms with E-state index >= 15 is 0 Å². The van der Waals surface area contributed by atoms with Crippen LogP contribution in [0.5, 0.6) is 11.5 Å². The van der Waals surface area contributed by atoms with Gasteiger partial charge >= 0.3 is 0 Å². The molecule has 1 aliphatic rings. The van der Waals surface area contributed by atoms with Crippen molar-refractivity contribution in [2.75, 3.05) is 25.7 Å². The van der Waals surface area contributed by atoms with Crippen molar-refractivity contribution in [1.29, 1.82) is 0 Å². The van der Waals surface area contributed by atoms with Crippen LogP contribution in [0.4, 0.5) is 5.69 Å². The van der Waals surface area contributed by atoms with Crippen LogP contribution in [0.15, 0.2) is 48.5 Å². The predicted molar refractivity (Wildman–Crippen MR) is 96.5 cm³/mol. The minimum Gasteiger partial charge on any atom is -0.493 e. The average Bonchev–Trinajstić information content (AvgIpc) is 2.89. The average molecular weight is 342 g/mol. The van der Waals surface area contributed by atoms with E-state index in [0.717, 1.165) is 5.56 Å². The van der Waals surface area contributed by atoms with Crippen LogP contribution >= 0.6 is 12.2 Å². The Labute approximate surface area is 146 Å². The smallest absolute Gasteiger partial charge is 0.252 e. The zero-order valence-corrected chi connectivity index (χ0v) is 14.4. The summed E-state index contributed by atoms with van der Waals surface area (Å²) in [6.07, 6.45) is 0. The van der Waals surface area contributed by atoms with Crippen molar-refractivity contribution >= 4 is 28.9 Å². The van der Waals surface area contributed by atoms with E-state index < -0.39 is 0 Å². The lowest BCUT2D eigenvalue weighted by Gasteiger charge is -2.21. The molecule has 0 atom stereocenters. The molecule has 0 aromatic heterocycles. The minimum atomic E-state index is -0.0526. The number of rotatable bonds is 5. The van der Waals surface area contributed by atoms with Crippen molar-refractivity contribution in [1.82, 2.24) is 4.90 Å². The molecule has 3 rings (SSSR count). The number of carbonyl (C=O) groups excluding carboxylic acids is 1. The Balaban J connectivity index is 1.84. The first-order chi connectivity index (χ1) is 11.6. The zero-order chi connectivity index (χ0) is 17.1. The van der Waals surface area contributed by atoms with Crippen molar-refractivity contribution in [3.63, 3.8) is 0 Å². The number of amides is 1. The van der Waals surface area contributed by atoms with Crippen LogP contribution in [0.2, 0.25) is 0 Å². The van der Waals surface area contributed by atoms with E-state index in [4.69, 9.17) is 21.7 Å². The minimum absolute atomic E-state index is 0.0526. The van der Waals surface area contributed by atoms with Gasteiger partial charge in [-0.1, -0.05) is 30.3 Å². The van der Waals surface area contributed by atoms with Crippen molar-refractivity contribution in [3.05, 3.63) is 54.1 Å². The Kier molecular flexibility index (Phi) is 4.66. The Bertz CT molecular complexity index is 764. The lowest BCUT2D eigenvalue weighted by molar-refractivity contribution is -0.116. The first-order valence-corrected chi connectivity index (χ1v) is 7.92. The van der Waals surface area contributed by atoms with E-state index in [1.165, 1.54) is 0 Å². The number of carbonyl (C=O) groups is 1. The first-order valence-electron chi connectivity index (χ1n) is 7.52. The fraction of sp³-hybridized carbons (Fsp3) is 0.222. The van der Waals surface area contributed by atoms with Gasteiger partial charge in [-0.05, 0) is 29.9 Å². The molecule has 1 saturated heterocycles. The number of hydrogen-bond acceptors (Lipinski definition) is 4. The maximum Gasteiger partial charge on any atom is 0.252 e. The van der Waals surface area contributed by atoms with E-state index in [2.05, 4.69) is 0 Å². The number of hydrogen-bond donors (Lipinski definition) is 0. The van der Waals surface area contributed by atoms with Gasteiger partial charge in [-0.2, -0.15) is 0 Å². The third kappa shape index (κ3) is 3.05. The number of benzene rings is 2. The molecular weight excluding hydrogens is 324 g/mol. The van der Waals surface area contributed by atoms with Gasteiger partial charge in [-0.15, -0.1) is 0 Å². The highest BCUT2D eigenvalue weighted by Crippen LogP contribution is 2.33. The Morgan fingerprint density at radius 2 is 1.75 bits per heavy atom. The quantitative estimate of drug-likeness (QED) is 0.782. The summed E-state index contributed by atoms with van der Waals surface area (Å²) < 4.78 is 10.5. The molecule has 1 amide bonds. The third-order valence-electron chi connectivity index (χ3n) is 3.88. The molecule has 0 aliphatic carbocycles. The number of anilines is 1. The van der Waals surface area contributed by atoms with E-state index in [9.17, 15) is 4.79 Å². The maximum atomic E-state index is 12.5. The first kappa shape index (κ1) is 16.3. The van der Waals surface area contributed by atoms with Crippen LogP contribution in [0.1, 0.15) is 5.56 Å². The highest BCUT2D eigenvalue weighted by Gasteiger charge is 2.34. The van der Waals surface area contributed by atoms with Crippen LogP contribution < -0.4 is 14.4 Å². The second kappa shape index (κ2) is 6.88. The number of nitrogens with zero attached hydrogens (tertiary/aromatic N) is 2. The molecule has 6 heteroatoms. The maximum absolute atomic E-state index is 12.5. The lowest BCUT2D eigenvalue weighted by Crippen LogP contribution is -2.32. The van der Waals surface area contributed by atoms with Crippen LogP contribution in [-0.4, -0.2) is 36.7 Å². The van der Waals surface area contributed by atoms with Crippen LogP contribution in [0.25, 0.3) is 0 Å². The van der Waals surface area contributed by atoms with Crippen molar-refractivity contribution in [2.45, 2.75) is 6.54 Å². The SMILES string of the molecule is COc1ccc(N2C(=O)CN(Cc3ccccc3)C2=S)cc1OC. The molecule has 0 saturated carbocycles. The molecule has 0 unspecified atom stereocenters. The van der Waals surface area contributed by atoms with Gasteiger partial charge in [0.2, 0.25) is 0 Å². The molecule has 0 radical (unpaired) electrons. The monoisotopic (exact) mass is 342 g/mol. The highest BCUT2D eigenvalue weighted by atomic mass is 32.1. The standard InChI is InChI=1S/C18H18N2O3S/c1-22-15-9-8-14(10-16(15)23-2)20-17(21)12-19(18(20)24)11-13-6-4-3-5-7-13/h3-10H,11-12H2,1-2H3. The largest absolute Gasteiger partial charge is 0.493 e. The van der Waals surface area contributed by atoms with Gasteiger partial charge in [0.15, 0.2) is 16.6 Å². The van der Waals surface area contributed by atoms with Gasteiger partial charge in [0.05, 0.1) is 19.9 Å².